The molecule has 3 N–H and O–H groups in total. The quantitative estimate of drug-likeness (QED) is 0.548. The number of sulfonamides is 1. The number of rotatable bonds is 8. The van der Waals surface area contributed by atoms with Crippen molar-refractivity contribution in [1.29, 1.82) is 0 Å². The first kappa shape index (κ1) is 21.9. The smallest absolute Gasteiger partial charge is 0.321 e. The monoisotopic (exact) mass is 405 g/mol. The van der Waals surface area contributed by atoms with E-state index in [4.69, 9.17) is 11.6 Å². The Bertz CT molecular complexity index is 766. The van der Waals surface area contributed by atoms with Crippen molar-refractivity contribution in [2.75, 3.05) is 13.2 Å². The van der Waals surface area contributed by atoms with E-state index in [0.29, 0.717) is 0 Å². The van der Waals surface area contributed by atoms with E-state index in [0.717, 1.165) is 0 Å². The second-order valence-electron chi connectivity index (χ2n) is 5.42. The molecule has 0 atom stereocenters. The third kappa shape index (κ3) is 7.81. The van der Waals surface area contributed by atoms with Crippen molar-refractivity contribution in [3.05, 3.63) is 29.3 Å². The fraction of sp³-hybridized carbons (Fsp3) is 0.400. The van der Waals surface area contributed by atoms with Crippen LogP contribution < -0.4 is 15.4 Å². The maximum atomic E-state index is 12.1. The minimum absolute atomic E-state index is 0.0546. The van der Waals surface area contributed by atoms with Gasteiger partial charge in [0, 0.05) is 12.6 Å². The summed E-state index contributed by atoms with van der Waals surface area (Å²) in [6, 6.07) is 5.01. The van der Waals surface area contributed by atoms with Gasteiger partial charge in [-0.05, 0) is 26.0 Å². The number of hydrogen-bond donors (Lipinski definition) is 3. The van der Waals surface area contributed by atoms with Crippen LogP contribution in [0.25, 0.3) is 0 Å². The first-order valence-electron chi connectivity index (χ1n) is 7.62. The summed E-state index contributed by atoms with van der Waals surface area (Å²) >= 11 is 5.82. The molecule has 0 heterocycles. The van der Waals surface area contributed by atoms with Gasteiger partial charge in [0.2, 0.25) is 10.0 Å². The van der Waals surface area contributed by atoms with Gasteiger partial charge in [0.1, 0.15) is 4.90 Å². The maximum Gasteiger partial charge on any atom is 0.321 e. The van der Waals surface area contributed by atoms with Crippen molar-refractivity contribution in [3.8, 4) is 0 Å². The van der Waals surface area contributed by atoms with Crippen molar-refractivity contribution < 1.29 is 27.5 Å². The standard InChI is InChI=1S/C15H20ClN3O6S/c1-10(2)18-15(22)19-13(20)9-25-14(21)7-8-17-26(23,24)12-6-4-3-5-11(12)16/h3-6,10,17H,7-9H2,1-2H3,(H2,18,19,20,22). The van der Waals surface area contributed by atoms with Crippen LogP contribution in [0.2, 0.25) is 5.02 Å². The van der Waals surface area contributed by atoms with E-state index in [1.165, 1.54) is 18.2 Å². The number of hydrogen-bond acceptors (Lipinski definition) is 6. The fourth-order valence-electron chi connectivity index (χ4n) is 1.71. The number of imide groups is 1. The molecule has 0 radical (unpaired) electrons. The van der Waals surface area contributed by atoms with Crippen LogP contribution in [-0.2, 0) is 24.3 Å². The molecule has 0 fully saturated rings. The predicted molar refractivity (Wildman–Crippen MR) is 94.0 cm³/mol. The lowest BCUT2D eigenvalue weighted by atomic mass is 10.4. The Morgan fingerprint density at radius 3 is 2.46 bits per heavy atom. The highest BCUT2D eigenvalue weighted by Crippen LogP contribution is 2.19. The molecule has 0 spiro atoms. The number of halogens is 1. The highest BCUT2D eigenvalue weighted by atomic mass is 35.5. The molecule has 1 rings (SSSR count). The second-order valence-corrected chi connectivity index (χ2v) is 7.56. The van der Waals surface area contributed by atoms with Crippen molar-refractivity contribution in [1.82, 2.24) is 15.4 Å². The highest BCUT2D eigenvalue weighted by molar-refractivity contribution is 7.89. The van der Waals surface area contributed by atoms with Gasteiger partial charge in [-0.15, -0.1) is 0 Å². The van der Waals surface area contributed by atoms with Gasteiger partial charge < -0.3 is 10.1 Å². The molecule has 0 aromatic heterocycles. The topological polar surface area (TPSA) is 131 Å². The van der Waals surface area contributed by atoms with Gasteiger partial charge in [-0.3, -0.25) is 14.9 Å². The number of urea groups is 1. The van der Waals surface area contributed by atoms with E-state index in [9.17, 15) is 22.8 Å². The summed E-state index contributed by atoms with van der Waals surface area (Å²) in [5.41, 5.74) is 0. The predicted octanol–water partition coefficient (Wildman–Crippen LogP) is 0.786. The van der Waals surface area contributed by atoms with E-state index in [1.54, 1.807) is 19.9 Å². The summed E-state index contributed by atoms with van der Waals surface area (Å²) in [7, 11) is -3.87. The molecule has 11 heteroatoms. The second kappa shape index (κ2) is 10.1. The number of nitrogens with one attached hydrogen (secondary N) is 3. The van der Waals surface area contributed by atoms with Crippen molar-refractivity contribution >= 4 is 39.5 Å². The number of ether oxygens (including phenoxy) is 1. The summed E-state index contributed by atoms with van der Waals surface area (Å²) in [4.78, 5) is 34.1. The average Bonchev–Trinajstić information content (AvgIpc) is 2.52. The lowest BCUT2D eigenvalue weighted by molar-refractivity contribution is -0.148. The van der Waals surface area contributed by atoms with Crippen LogP contribution in [-0.4, -0.2) is 45.5 Å². The normalized spacial score (nSPS) is 11.1. The Balaban J connectivity index is 2.35. The van der Waals surface area contributed by atoms with E-state index in [1.807, 2.05) is 5.32 Å². The first-order chi connectivity index (χ1) is 12.1. The van der Waals surface area contributed by atoms with Crippen LogP contribution in [0, 0.1) is 0 Å². The Hall–Kier alpha value is -2.17. The highest BCUT2D eigenvalue weighted by Gasteiger charge is 2.18. The first-order valence-corrected chi connectivity index (χ1v) is 9.48. The fourth-order valence-corrected chi connectivity index (χ4v) is 3.26. The molecule has 26 heavy (non-hydrogen) atoms. The molecule has 0 saturated heterocycles. The molecule has 0 bridgehead atoms. The Kier molecular flexibility index (Phi) is 8.49. The van der Waals surface area contributed by atoms with E-state index >= 15 is 0 Å². The number of esters is 1. The van der Waals surface area contributed by atoms with Gasteiger partial charge in [-0.25, -0.2) is 17.9 Å². The summed E-state index contributed by atoms with van der Waals surface area (Å²) < 4.78 is 31.0. The number of carbonyl (C=O) groups is 3. The zero-order valence-electron chi connectivity index (χ0n) is 14.2. The molecule has 3 amide bonds. The minimum Gasteiger partial charge on any atom is -0.456 e. The van der Waals surface area contributed by atoms with Crippen LogP contribution in [0.1, 0.15) is 20.3 Å². The van der Waals surface area contributed by atoms with Crippen molar-refractivity contribution in [3.63, 3.8) is 0 Å². The Morgan fingerprint density at radius 2 is 1.85 bits per heavy atom. The largest absolute Gasteiger partial charge is 0.456 e. The molecule has 144 valence electrons. The van der Waals surface area contributed by atoms with Gasteiger partial charge in [0.15, 0.2) is 6.61 Å². The number of benzene rings is 1. The number of carbonyl (C=O) groups excluding carboxylic acids is 3. The van der Waals surface area contributed by atoms with Crippen LogP contribution in [0.4, 0.5) is 4.79 Å². The molecule has 0 saturated carbocycles. The molecule has 9 nitrogen and oxygen atoms in total. The van der Waals surface area contributed by atoms with Crippen LogP contribution in [0.3, 0.4) is 0 Å². The zero-order chi connectivity index (χ0) is 19.7. The maximum absolute atomic E-state index is 12.1. The van der Waals surface area contributed by atoms with Crippen LogP contribution in [0.15, 0.2) is 29.2 Å². The minimum atomic E-state index is -3.87. The molecular formula is C15H20ClN3O6S. The Morgan fingerprint density at radius 1 is 1.19 bits per heavy atom. The van der Waals surface area contributed by atoms with Gasteiger partial charge in [0.25, 0.3) is 5.91 Å². The molecule has 0 unspecified atom stereocenters. The van der Waals surface area contributed by atoms with Crippen LogP contribution in [0.5, 0.6) is 0 Å². The van der Waals surface area contributed by atoms with Crippen LogP contribution >= 0.6 is 11.6 Å². The number of amides is 3. The van der Waals surface area contributed by atoms with E-state index < -0.39 is 34.5 Å². The summed E-state index contributed by atoms with van der Waals surface area (Å²) in [6.45, 7) is 2.55. The Labute approximate surface area is 156 Å². The third-order valence-electron chi connectivity index (χ3n) is 2.78. The SMILES string of the molecule is CC(C)NC(=O)NC(=O)COC(=O)CCNS(=O)(=O)c1ccccc1Cl. The molecule has 0 aliphatic heterocycles. The summed E-state index contributed by atoms with van der Waals surface area (Å²) in [5, 5.41) is 4.47. The molecule has 1 aromatic rings. The molecule has 0 aliphatic carbocycles. The van der Waals surface area contributed by atoms with Crippen molar-refractivity contribution in [2.24, 2.45) is 0 Å². The molecule has 1 aromatic carbocycles. The van der Waals surface area contributed by atoms with Crippen molar-refractivity contribution in [2.45, 2.75) is 31.2 Å². The van der Waals surface area contributed by atoms with Gasteiger partial charge in [-0.2, -0.15) is 0 Å². The molecule has 0 aliphatic rings. The van der Waals surface area contributed by atoms with Gasteiger partial charge in [0.05, 0.1) is 11.4 Å². The lowest BCUT2D eigenvalue weighted by Gasteiger charge is -2.10. The van der Waals surface area contributed by atoms with Gasteiger partial charge >= 0.3 is 12.0 Å². The third-order valence-corrected chi connectivity index (χ3v) is 4.75. The summed E-state index contributed by atoms with van der Waals surface area (Å²) in [5.74, 6) is -1.60. The lowest BCUT2D eigenvalue weighted by Crippen LogP contribution is -2.44. The van der Waals surface area contributed by atoms with Gasteiger partial charge in [-0.1, -0.05) is 23.7 Å². The summed E-state index contributed by atoms with van der Waals surface area (Å²) in [6.07, 6.45) is -0.296. The van der Waals surface area contributed by atoms with E-state index in [2.05, 4.69) is 14.8 Å². The molecular weight excluding hydrogens is 386 g/mol. The van der Waals surface area contributed by atoms with E-state index in [-0.39, 0.29) is 28.9 Å². The zero-order valence-corrected chi connectivity index (χ0v) is 15.8. The average molecular weight is 406 g/mol.